The normalized spacial score (nSPS) is 12.3. The molecule has 0 aliphatic heterocycles. The van der Waals surface area contributed by atoms with Gasteiger partial charge in [-0.3, -0.25) is 14.2 Å². The van der Waals surface area contributed by atoms with Crippen LogP contribution in [0.1, 0.15) is 49.2 Å². The summed E-state index contributed by atoms with van der Waals surface area (Å²) in [5, 5.41) is 3.47. The van der Waals surface area contributed by atoms with Gasteiger partial charge in [0.2, 0.25) is 0 Å². The van der Waals surface area contributed by atoms with Crippen molar-refractivity contribution in [2.24, 2.45) is 5.92 Å². The minimum atomic E-state index is -0.473. The van der Waals surface area contributed by atoms with Gasteiger partial charge >= 0.3 is 5.69 Å². The van der Waals surface area contributed by atoms with E-state index in [0.717, 1.165) is 16.6 Å². The van der Waals surface area contributed by atoms with Gasteiger partial charge in [-0.25, -0.2) is 4.79 Å². The number of rotatable bonds is 6. The van der Waals surface area contributed by atoms with Gasteiger partial charge in [-0.05, 0) is 43.0 Å². The molecule has 0 radical (unpaired) electrons. The number of H-pyrrole nitrogens is 1. The van der Waals surface area contributed by atoms with Gasteiger partial charge in [-0.1, -0.05) is 44.2 Å². The van der Waals surface area contributed by atoms with Crippen LogP contribution in [0.5, 0.6) is 0 Å². The molecule has 1 atom stereocenters. The minimum Gasteiger partial charge on any atom is -0.345 e. The lowest BCUT2D eigenvalue weighted by Crippen LogP contribution is -2.34. The van der Waals surface area contributed by atoms with Crippen LogP contribution in [0, 0.1) is 5.92 Å². The molecule has 2 aromatic carbocycles. The van der Waals surface area contributed by atoms with E-state index in [4.69, 9.17) is 0 Å². The van der Waals surface area contributed by atoms with Crippen LogP contribution in [0.3, 0.4) is 0 Å². The molecule has 0 fully saturated rings. The Balaban J connectivity index is 1.94. The van der Waals surface area contributed by atoms with Gasteiger partial charge < -0.3 is 10.3 Å². The highest BCUT2D eigenvalue weighted by molar-refractivity contribution is 5.97. The van der Waals surface area contributed by atoms with Gasteiger partial charge in [0.05, 0.1) is 16.9 Å². The maximum atomic E-state index is 12.9. The van der Waals surface area contributed by atoms with Gasteiger partial charge in [0, 0.05) is 12.1 Å². The summed E-state index contributed by atoms with van der Waals surface area (Å²) in [6.45, 7) is 6.26. The van der Waals surface area contributed by atoms with E-state index >= 15 is 0 Å². The Hall–Kier alpha value is -3.15. The van der Waals surface area contributed by atoms with Gasteiger partial charge in [0.15, 0.2) is 0 Å². The van der Waals surface area contributed by atoms with Crippen molar-refractivity contribution in [1.29, 1.82) is 0 Å². The zero-order valence-electron chi connectivity index (χ0n) is 16.4. The average molecular weight is 379 g/mol. The molecule has 0 saturated heterocycles. The van der Waals surface area contributed by atoms with E-state index < -0.39 is 5.69 Å². The summed E-state index contributed by atoms with van der Waals surface area (Å²) in [4.78, 5) is 40.0. The van der Waals surface area contributed by atoms with E-state index in [1.165, 1.54) is 0 Å². The summed E-state index contributed by atoms with van der Waals surface area (Å²) in [6.07, 6.45) is 0.807. The highest BCUT2D eigenvalue weighted by Gasteiger charge is 2.18. The highest BCUT2D eigenvalue weighted by Crippen LogP contribution is 2.22. The maximum Gasteiger partial charge on any atom is 0.328 e. The van der Waals surface area contributed by atoms with E-state index in [-0.39, 0.29) is 17.5 Å². The van der Waals surface area contributed by atoms with Crippen molar-refractivity contribution in [1.82, 2.24) is 14.9 Å². The summed E-state index contributed by atoms with van der Waals surface area (Å²) in [6, 6.07) is 14.5. The van der Waals surface area contributed by atoms with Crippen LogP contribution in [0.15, 0.2) is 58.1 Å². The van der Waals surface area contributed by atoms with Crippen LogP contribution < -0.4 is 16.6 Å². The van der Waals surface area contributed by atoms with Gasteiger partial charge in [-0.2, -0.15) is 0 Å². The molecular formula is C22H25N3O3. The highest BCUT2D eigenvalue weighted by atomic mass is 16.2. The zero-order valence-corrected chi connectivity index (χ0v) is 16.4. The second-order valence-corrected chi connectivity index (χ2v) is 7.31. The standard InChI is InChI=1S/C22H25N3O3/c1-4-25-21(27)17-11-10-16(13-19(17)24-22(25)28)20(26)23-18(12-14(2)3)15-8-6-5-7-9-15/h5-11,13-14,18H,4,12H2,1-3H3,(H,23,26)(H,24,28). The molecule has 0 aliphatic rings. The van der Waals surface area contributed by atoms with Crippen molar-refractivity contribution in [3.05, 3.63) is 80.5 Å². The topological polar surface area (TPSA) is 84.0 Å². The molecule has 1 aromatic heterocycles. The third-order valence-corrected chi connectivity index (χ3v) is 4.77. The van der Waals surface area contributed by atoms with Crippen molar-refractivity contribution < 1.29 is 4.79 Å². The first-order valence-electron chi connectivity index (χ1n) is 9.53. The number of hydrogen-bond acceptors (Lipinski definition) is 3. The molecule has 1 amide bonds. The Morgan fingerprint density at radius 2 is 1.82 bits per heavy atom. The number of amides is 1. The first kappa shape index (κ1) is 19.6. The van der Waals surface area contributed by atoms with Crippen molar-refractivity contribution >= 4 is 16.8 Å². The Kier molecular flexibility index (Phi) is 5.78. The second kappa shape index (κ2) is 8.25. The summed E-state index contributed by atoms with van der Waals surface area (Å²) < 4.78 is 1.14. The minimum absolute atomic E-state index is 0.114. The summed E-state index contributed by atoms with van der Waals surface area (Å²) >= 11 is 0. The van der Waals surface area contributed by atoms with E-state index in [1.807, 2.05) is 30.3 Å². The van der Waals surface area contributed by atoms with Crippen LogP contribution in [-0.4, -0.2) is 15.5 Å². The quantitative estimate of drug-likeness (QED) is 0.690. The summed E-state index contributed by atoms with van der Waals surface area (Å²) in [5.41, 5.74) is 0.994. The number of fused-ring (bicyclic) bond motifs is 1. The average Bonchev–Trinajstić information content (AvgIpc) is 2.67. The molecule has 0 bridgehead atoms. The smallest absolute Gasteiger partial charge is 0.328 e. The van der Waals surface area contributed by atoms with E-state index in [0.29, 0.717) is 28.9 Å². The molecule has 0 aliphatic carbocycles. The van der Waals surface area contributed by atoms with Crippen LogP contribution in [0.2, 0.25) is 0 Å². The fraction of sp³-hybridized carbons (Fsp3) is 0.318. The first-order chi connectivity index (χ1) is 13.4. The Bertz CT molecular complexity index is 1100. The van der Waals surface area contributed by atoms with Crippen molar-refractivity contribution in [2.45, 2.75) is 39.8 Å². The van der Waals surface area contributed by atoms with Crippen LogP contribution in [0.25, 0.3) is 10.9 Å². The van der Waals surface area contributed by atoms with Crippen LogP contribution in [0.4, 0.5) is 0 Å². The van der Waals surface area contributed by atoms with Crippen LogP contribution >= 0.6 is 0 Å². The molecule has 1 unspecified atom stereocenters. The number of carbonyl (C=O) groups excluding carboxylic acids is 1. The molecule has 3 rings (SSSR count). The number of benzene rings is 2. The predicted molar refractivity (Wildman–Crippen MR) is 111 cm³/mol. The predicted octanol–water partition coefficient (Wildman–Crippen LogP) is 3.23. The number of aromatic amines is 1. The first-order valence-corrected chi connectivity index (χ1v) is 9.53. The Labute approximate surface area is 163 Å². The molecule has 0 spiro atoms. The molecule has 2 N–H and O–H groups in total. The lowest BCUT2D eigenvalue weighted by atomic mass is 9.96. The summed E-state index contributed by atoms with van der Waals surface area (Å²) in [5.74, 6) is 0.169. The van der Waals surface area contributed by atoms with E-state index in [2.05, 4.69) is 24.1 Å². The molecule has 146 valence electrons. The van der Waals surface area contributed by atoms with Gasteiger partial charge in [0.25, 0.3) is 11.5 Å². The molecular weight excluding hydrogens is 354 g/mol. The third kappa shape index (κ3) is 4.06. The Morgan fingerprint density at radius 1 is 1.11 bits per heavy atom. The SMILES string of the molecule is CCn1c(=O)[nH]c2cc(C(=O)NC(CC(C)C)c3ccccc3)ccc2c1=O. The number of aromatic nitrogens is 2. The molecule has 3 aromatic rings. The van der Waals surface area contributed by atoms with Crippen molar-refractivity contribution in [3.63, 3.8) is 0 Å². The van der Waals surface area contributed by atoms with Crippen LogP contribution in [-0.2, 0) is 6.54 Å². The van der Waals surface area contributed by atoms with Gasteiger partial charge in [-0.15, -0.1) is 0 Å². The fourth-order valence-corrected chi connectivity index (χ4v) is 3.36. The largest absolute Gasteiger partial charge is 0.345 e. The molecule has 0 saturated carbocycles. The monoisotopic (exact) mass is 379 g/mol. The number of nitrogens with one attached hydrogen (secondary N) is 2. The summed E-state index contributed by atoms with van der Waals surface area (Å²) in [7, 11) is 0. The van der Waals surface area contributed by atoms with Crippen molar-refractivity contribution in [2.75, 3.05) is 0 Å². The zero-order chi connectivity index (χ0) is 20.3. The Morgan fingerprint density at radius 3 is 2.46 bits per heavy atom. The molecule has 6 nitrogen and oxygen atoms in total. The van der Waals surface area contributed by atoms with E-state index in [1.54, 1.807) is 25.1 Å². The maximum absolute atomic E-state index is 12.9. The molecule has 28 heavy (non-hydrogen) atoms. The van der Waals surface area contributed by atoms with Crippen molar-refractivity contribution in [3.8, 4) is 0 Å². The number of hydrogen-bond donors (Lipinski definition) is 2. The second-order valence-electron chi connectivity index (χ2n) is 7.31. The molecule has 1 heterocycles. The number of nitrogens with zero attached hydrogens (tertiary/aromatic N) is 1. The lowest BCUT2D eigenvalue weighted by molar-refractivity contribution is 0.0932. The fourth-order valence-electron chi connectivity index (χ4n) is 3.36. The van der Waals surface area contributed by atoms with Gasteiger partial charge in [0.1, 0.15) is 0 Å². The number of carbonyl (C=O) groups is 1. The third-order valence-electron chi connectivity index (χ3n) is 4.77. The van der Waals surface area contributed by atoms with E-state index in [9.17, 15) is 14.4 Å². The lowest BCUT2D eigenvalue weighted by Gasteiger charge is -2.21. The molecule has 6 heteroatoms.